The van der Waals surface area contributed by atoms with Crippen LogP contribution in [0.3, 0.4) is 0 Å². The molecule has 1 rings (SSSR count). The Kier molecular flexibility index (Phi) is 3.80. The van der Waals surface area contributed by atoms with Gasteiger partial charge < -0.3 is 15.2 Å². The van der Waals surface area contributed by atoms with Gasteiger partial charge >= 0.3 is 0 Å². The van der Waals surface area contributed by atoms with Crippen LogP contribution >= 0.6 is 22.6 Å². The molecule has 0 spiro atoms. The highest BCUT2D eigenvalue weighted by molar-refractivity contribution is 14.1. The van der Waals surface area contributed by atoms with Gasteiger partial charge in [-0.15, -0.1) is 0 Å². The van der Waals surface area contributed by atoms with Crippen LogP contribution in [0.4, 0.5) is 0 Å². The zero-order valence-electron chi connectivity index (χ0n) is 7.63. The van der Waals surface area contributed by atoms with Crippen LogP contribution in [0, 0.1) is 3.57 Å². The minimum absolute atomic E-state index is 0.455. The van der Waals surface area contributed by atoms with E-state index in [1.54, 1.807) is 14.2 Å². The van der Waals surface area contributed by atoms with Gasteiger partial charge in [0.2, 0.25) is 0 Å². The number of methoxy groups -OCH3 is 2. The molecule has 13 heavy (non-hydrogen) atoms. The van der Waals surface area contributed by atoms with Crippen molar-refractivity contribution in [1.82, 2.24) is 0 Å². The smallest absolute Gasteiger partial charge is 0.165 e. The van der Waals surface area contributed by atoms with Gasteiger partial charge in [-0.25, -0.2) is 0 Å². The Hall–Kier alpha value is -0.490. The number of hydrogen-bond donors (Lipinski definition) is 1. The molecule has 3 nitrogen and oxygen atoms in total. The van der Waals surface area contributed by atoms with Gasteiger partial charge in [0, 0.05) is 15.7 Å². The first-order chi connectivity index (χ1) is 6.22. The molecule has 0 amide bonds. The quantitative estimate of drug-likeness (QED) is 0.864. The van der Waals surface area contributed by atoms with Crippen LogP contribution in [0.1, 0.15) is 5.56 Å². The third-order valence-corrected chi connectivity index (χ3v) is 2.36. The Morgan fingerprint density at radius 2 is 2.00 bits per heavy atom. The molecule has 0 heterocycles. The molecule has 0 bridgehead atoms. The second-order valence-corrected chi connectivity index (χ2v) is 3.75. The molecule has 0 radical (unpaired) electrons. The minimum atomic E-state index is 0.455. The molecule has 0 saturated heterocycles. The highest BCUT2D eigenvalue weighted by Gasteiger charge is 2.09. The van der Waals surface area contributed by atoms with E-state index in [0.29, 0.717) is 6.54 Å². The summed E-state index contributed by atoms with van der Waals surface area (Å²) in [7, 11) is 3.23. The largest absolute Gasteiger partial charge is 0.493 e. The van der Waals surface area contributed by atoms with E-state index >= 15 is 0 Å². The van der Waals surface area contributed by atoms with Crippen molar-refractivity contribution < 1.29 is 9.47 Å². The van der Waals surface area contributed by atoms with E-state index in [0.717, 1.165) is 20.6 Å². The van der Waals surface area contributed by atoms with E-state index in [9.17, 15) is 0 Å². The average molecular weight is 293 g/mol. The van der Waals surface area contributed by atoms with Crippen LogP contribution in [-0.4, -0.2) is 14.2 Å². The molecule has 72 valence electrons. The van der Waals surface area contributed by atoms with Gasteiger partial charge in [0.1, 0.15) is 0 Å². The van der Waals surface area contributed by atoms with E-state index in [4.69, 9.17) is 15.2 Å². The van der Waals surface area contributed by atoms with Crippen molar-refractivity contribution in [3.63, 3.8) is 0 Å². The minimum Gasteiger partial charge on any atom is -0.493 e. The summed E-state index contributed by atoms with van der Waals surface area (Å²) in [6.07, 6.45) is 0. The molecule has 1 aromatic carbocycles. The number of benzene rings is 1. The Morgan fingerprint density at radius 1 is 1.31 bits per heavy atom. The number of rotatable bonds is 3. The lowest BCUT2D eigenvalue weighted by Gasteiger charge is -2.11. The molecule has 0 aromatic heterocycles. The lowest BCUT2D eigenvalue weighted by Crippen LogP contribution is -2.02. The monoisotopic (exact) mass is 293 g/mol. The fourth-order valence-electron chi connectivity index (χ4n) is 1.16. The standard InChI is InChI=1S/C9H12INO2/c1-12-8-4-7(10)3-6(5-11)9(8)13-2/h3-4H,5,11H2,1-2H3. The molecule has 0 aliphatic carbocycles. The van der Waals surface area contributed by atoms with E-state index in [-0.39, 0.29) is 0 Å². The number of ether oxygens (including phenoxy) is 2. The zero-order chi connectivity index (χ0) is 9.84. The second-order valence-electron chi connectivity index (χ2n) is 2.50. The van der Waals surface area contributed by atoms with Crippen molar-refractivity contribution in [2.45, 2.75) is 6.54 Å². The summed E-state index contributed by atoms with van der Waals surface area (Å²) in [6.45, 7) is 0.455. The Balaban J connectivity index is 3.25. The van der Waals surface area contributed by atoms with Crippen LogP contribution in [0.5, 0.6) is 11.5 Å². The third kappa shape index (κ3) is 2.25. The zero-order valence-corrected chi connectivity index (χ0v) is 9.79. The summed E-state index contributed by atoms with van der Waals surface area (Å²) in [4.78, 5) is 0. The van der Waals surface area contributed by atoms with Crippen molar-refractivity contribution in [3.05, 3.63) is 21.3 Å². The maximum atomic E-state index is 5.58. The third-order valence-electron chi connectivity index (χ3n) is 1.74. The molecule has 0 aliphatic heterocycles. The fraction of sp³-hybridized carbons (Fsp3) is 0.333. The molecule has 2 N–H and O–H groups in total. The normalized spacial score (nSPS) is 9.85. The van der Waals surface area contributed by atoms with Crippen LogP contribution in [0.2, 0.25) is 0 Å². The molecule has 1 aromatic rings. The summed E-state index contributed by atoms with van der Waals surface area (Å²) in [5.41, 5.74) is 6.54. The fourth-order valence-corrected chi connectivity index (χ4v) is 1.82. The van der Waals surface area contributed by atoms with Gasteiger partial charge in [-0.2, -0.15) is 0 Å². The maximum absolute atomic E-state index is 5.58. The lowest BCUT2D eigenvalue weighted by molar-refractivity contribution is 0.351. The van der Waals surface area contributed by atoms with Gasteiger partial charge in [0.05, 0.1) is 14.2 Å². The second kappa shape index (κ2) is 4.66. The molecule has 0 aliphatic rings. The molecule has 0 fully saturated rings. The topological polar surface area (TPSA) is 44.5 Å². The van der Waals surface area contributed by atoms with Gasteiger partial charge in [-0.05, 0) is 34.7 Å². The Bertz CT molecular complexity index is 277. The van der Waals surface area contributed by atoms with Gasteiger partial charge in [-0.1, -0.05) is 0 Å². The number of nitrogens with two attached hydrogens (primary N) is 1. The van der Waals surface area contributed by atoms with Crippen molar-refractivity contribution in [2.24, 2.45) is 5.73 Å². The predicted molar refractivity (Wildman–Crippen MR) is 60.2 cm³/mol. The highest BCUT2D eigenvalue weighted by atomic mass is 127. The van der Waals surface area contributed by atoms with E-state index in [1.807, 2.05) is 12.1 Å². The molecular formula is C9H12INO2. The van der Waals surface area contributed by atoms with Gasteiger partial charge in [0.15, 0.2) is 11.5 Å². The van der Waals surface area contributed by atoms with Crippen molar-refractivity contribution >= 4 is 22.6 Å². The molecular weight excluding hydrogens is 281 g/mol. The molecule has 4 heteroatoms. The van der Waals surface area contributed by atoms with E-state index < -0.39 is 0 Å². The SMILES string of the molecule is COc1cc(I)cc(CN)c1OC. The number of hydrogen-bond acceptors (Lipinski definition) is 3. The van der Waals surface area contributed by atoms with E-state index in [1.165, 1.54) is 0 Å². The Morgan fingerprint density at radius 3 is 2.46 bits per heavy atom. The van der Waals surface area contributed by atoms with Crippen LogP contribution in [0.25, 0.3) is 0 Å². The first kappa shape index (κ1) is 10.6. The first-order valence-corrected chi connectivity index (χ1v) is 4.91. The Labute approximate surface area is 91.4 Å². The molecule has 0 saturated carbocycles. The number of halogens is 1. The van der Waals surface area contributed by atoms with Crippen LogP contribution in [0.15, 0.2) is 12.1 Å². The predicted octanol–water partition coefficient (Wildman–Crippen LogP) is 1.77. The summed E-state index contributed by atoms with van der Waals surface area (Å²) in [5.74, 6) is 1.46. The van der Waals surface area contributed by atoms with Crippen molar-refractivity contribution in [1.29, 1.82) is 0 Å². The van der Waals surface area contributed by atoms with Crippen molar-refractivity contribution in [2.75, 3.05) is 14.2 Å². The van der Waals surface area contributed by atoms with Gasteiger partial charge in [0.25, 0.3) is 0 Å². The van der Waals surface area contributed by atoms with Crippen molar-refractivity contribution in [3.8, 4) is 11.5 Å². The lowest BCUT2D eigenvalue weighted by atomic mass is 10.2. The first-order valence-electron chi connectivity index (χ1n) is 3.83. The summed E-state index contributed by atoms with van der Waals surface area (Å²) < 4.78 is 11.5. The van der Waals surface area contributed by atoms with Crippen LogP contribution in [-0.2, 0) is 6.54 Å². The maximum Gasteiger partial charge on any atom is 0.165 e. The van der Waals surface area contributed by atoms with Gasteiger partial charge in [-0.3, -0.25) is 0 Å². The highest BCUT2D eigenvalue weighted by Crippen LogP contribution is 2.32. The summed E-state index contributed by atoms with van der Waals surface area (Å²) >= 11 is 2.22. The summed E-state index contributed by atoms with van der Waals surface area (Å²) in [6, 6.07) is 3.90. The van der Waals surface area contributed by atoms with Crippen LogP contribution < -0.4 is 15.2 Å². The molecule has 0 unspecified atom stereocenters. The van der Waals surface area contributed by atoms with E-state index in [2.05, 4.69) is 22.6 Å². The summed E-state index contributed by atoms with van der Waals surface area (Å²) in [5, 5.41) is 0. The molecule has 0 atom stereocenters. The average Bonchev–Trinajstić information content (AvgIpc) is 2.16.